The van der Waals surface area contributed by atoms with E-state index in [9.17, 15) is 23.4 Å². The molecule has 3 rings (SSSR count). The van der Waals surface area contributed by atoms with Crippen LogP contribution in [0, 0.1) is 0 Å². The molecule has 2 N–H and O–H groups in total. The van der Waals surface area contributed by atoms with Gasteiger partial charge in [0.2, 0.25) is 0 Å². The number of rotatable bonds is 11. The smallest absolute Gasteiger partial charge is 0.315 e. The zero-order valence-electron chi connectivity index (χ0n) is 22.1. The van der Waals surface area contributed by atoms with Crippen molar-refractivity contribution in [3.8, 4) is 17.2 Å². The van der Waals surface area contributed by atoms with Crippen molar-refractivity contribution in [3.05, 3.63) is 99.8 Å². The van der Waals surface area contributed by atoms with Crippen molar-refractivity contribution in [1.29, 1.82) is 0 Å². The van der Waals surface area contributed by atoms with Crippen LogP contribution in [-0.4, -0.2) is 45.5 Å². The number of sulfone groups is 1. The van der Waals surface area contributed by atoms with Crippen LogP contribution >= 0.6 is 11.6 Å². The summed E-state index contributed by atoms with van der Waals surface area (Å²) in [5, 5.41) is 22.2. The van der Waals surface area contributed by atoms with Gasteiger partial charge >= 0.3 is 5.97 Å². The maximum Gasteiger partial charge on any atom is 0.315 e. The molecule has 39 heavy (non-hydrogen) atoms. The van der Waals surface area contributed by atoms with E-state index in [1.165, 1.54) is 12.1 Å². The molecule has 7 nitrogen and oxygen atoms in total. The Morgan fingerprint density at radius 3 is 2.15 bits per heavy atom. The largest absolute Gasteiger partial charge is 0.540 e. The standard InChI is InChI=1S/C29H31ClO7SSi/c1-20(18-38(34,35)16-15-21-5-14-26(31)27(17-21)37-39(3,4)19-30)22-6-8-23(9-7-22)28(29(32)33)24-10-12-25(36-2)13-11-24/h5-18,28,31H,19H2,1-4H3,(H,32,33)/b16-15+,20-18+. The van der Waals surface area contributed by atoms with Crippen molar-refractivity contribution >= 4 is 47.4 Å². The fourth-order valence-electron chi connectivity index (χ4n) is 3.78. The van der Waals surface area contributed by atoms with Crippen molar-refractivity contribution in [2.45, 2.75) is 25.9 Å². The van der Waals surface area contributed by atoms with Crippen LogP contribution < -0.4 is 9.16 Å². The Morgan fingerprint density at radius 2 is 1.62 bits per heavy atom. The van der Waals surface area contributed by atoms with Crippen LogP contribution in [-0.2, 0) is 14.6 Å². The van der Waals surface area contributed by atoms with E-state index in [1.54, 1.807) is 74.7 Å². The van der Waals surface area contributed by atoms with E-state index >= 15 is 0 Å². The average molecular weight is 587 g/mol. The highest BCUT2D eigenvalue weighted by Gasteiger charge is 2.24. The second-order valence-electron chi connectivity index (χ2n) is 9.58. The molecular formula is C29H31ClO7SSi. The van der Waals surface area contributed by atoms with E-state index in [1.807, 2.05) is 13.1 Å². The van der Waals surface area contributed by atoms with Crippen LogP contribution in [0.2, 0.25) is 13.1 Å². The van der Waals surface area contributed by atoms with E-state index in [0.717, 1.165) is 10.8 Å². The van der Waals surface area contributed by atoms with Gasteiger partial charge in [-0.15, -0.1) is 11.6 Å². The number of carboxylic acids is 1. The lowest BCUT2D eigenvalue weighted by Crippen LogP contribution is -2.36. The molecule has 0 aliphatic rings. The van der Waals surface area contributed by atoms with Gasteiger partial charge < -0.3 is 19.4 Å². The molecule has 10 heteroatoms. The van der Waals surface area contributed by atoms with Gasteiger partial charge in [0.25, 0.3) is 8.32 Å². The number of phenols is 1. The lowest BCUT2D eigenvalue weighted by molar-refractivity contribution is -0.137. The Morgan fingerprint density at radius 1 is 1.03 bits per heavy atom. The highest BCUT2D eigenvalue weighted by atomic mass is 35.5. The van der Waals surface area contributed by atoms with Gasteiger partial charge in [-0.3, -0.25) is 4.79 Å². The SMILES string of the molecule is COc1ccc(C(C(=O)O)c2ccc(/C(C)=C/S(=O)(=O)/C=C/c3ccc(O)c(O[Si](C)(C)CCl)c3)cc2)cc1. The average Bonchev–Trinajstić information content (AvgIpc) is 2.89. The van der Waals surface area contributed by atoms with Crippen LogP contribution in [0.1, 0.15) is 35.1 Å². The molecule has 0 radical (unpaired) electrons. The zero-order chi connectivity index (χ0) is 28.8. The lowest BCUT2D eigenvalue weighted by atomic mass is 9.90. The number of halogens is 1. The Balaban J connectivity index is 1.80. The quantitative estimate of drug-likeness (QED) is 0.197. The first kappa shape index (κ1) is 30.0. The summed E-state index contributed by atoms with van der Waals surface area (Å²) in [6.45, 7) is 5.49. The van der Waals surface area contributed by atoms with Crippen LogP contribution in [0.3, 0.4) is 0 Å². The van der Waals surface area contributed by atoms with Gasteiger partial charge in [0.15, 0.2) is 15.6 Å². The molecule has 3 aromatic carbocycles. The summed E-state index contributed by atoms with van der Waals surface area (Å²) < 4.78 is 36.6. The molecule has 3 aromatic rings. The molecule has 0 saturated heterocycles. The number of hydrogen-bond donors (Lipinski definition) is 2. The molecule has 0 aromatic heterocycles. The second-order valence-corrected chi connectivity index (χ2v) is 16.1. The summed E-state index contributed by atoms with van der Waals surface area (Å²) in [7, 11) is -4.42. The summed E-state index contributed by atoms with van der Waals surface area (Å²) in [6.07, 6.45) is 1.43. The van der Waals surface area contributed by atoms with Gasteiger partial charge in [0, 0.05) is 10.8 Å². The maximum absolute atomic E-state index is 12.8. The number of aromatic hydroxyl groups is 1. The van der Waals surface area contributed by atoms with Crippen molar-refractivity contribution < 1.29 is 32.6 Å². The molecule has 1 atom stereocenters. The first-order chi connectivity index (χ1) is 18.3. The van der Waals surface area contributed by atoms with Crippen molar-refractivity contribution in [1.82, 2.24) is 0 Å². The summed E-state index contributed by atoms with van der Waals surface area (Å²) in [5.41, 5.74) is 3.18. The van der Waals surface area contributed by atoms with Gasteiger partial charge in [0.05, 0.1) is 12.6 Å². The Labute approximate surface area is 235 Å². The minimum absolute atomic E-state index is 0.0444. The zero-order valence-corrected chi connectivity index (χ0v) is 24.7. The number of benzene rings is 3. The highest BCUT2D eigenvalue weighted by molar-refractivity contribution is 7.97. The monoisotopic (exact) mass is 586 g/mol. The number of allylic oxidation sites excluding steroid dienone is 1. The third-order valence-corrected chi connectivity index (χ3v) is 10.4. The van der Waals surface area contributed by atoms with E-state index in [0.29, 0.717) is 39.1 Å². The predicted molar refractivity (Wildman–Crippen MR) is 157 cm³/mol. The molecule has 0 aliphatic heterocycles. The molecule has 0 bridgehead atoms. The fraction of sp³-hybridized carbons (Fsp3) is 0.207. The van der Waals surface area contributed by atoms with Crippen LogP contribution in [0.5, 0.6) is 17.2 Å². The number of alkyl halides is 1. The number of methoxy groups -OCH3 is 1. The molecule has 0 heterocycles. The number of carbonyl (C=O) groups is 1. The molecule has 0 fully saturated rings. The van der Waals surface area contributed by atoms with E-state index < -0.39 is 30.0 Å². The van der Waals surface area contributed by atoms with E-state index in [4.69, 9.17) is 20.8 Å². The van der Waals surface area contributed by atoms with Crippen LogP contribution in [0.15, 0.2) is 77.5 Å². The van der Waals surface area contributed by atoms with Gasteiger partial charge in [-0.25, -0.2) is 8.42 Å². The molecule has 1 unspecified atom stereocenters. The van der Waals surface area contributed by atoms with Crippen molar-refractivity contribution in [3.63, 3.8) is 0 Å². The minimum Gasteiger partial charge on any atom is -0.540 e. The van der Waals surface area contributed by atoms with Gasteiger partial charge in [0.1, 0.15) is 17.4 Å². The molecule has 0 amide bonds. The number of aliphatic carboxylic acids is 1. The maximum atomic E-state index is 12.8. The molecular weight excluding hydrogens is 556 g/mol. The van der Waals surface area contributed by atoms with E-state index in [2.05, 4.69) is 0 Å². The number of phenolic OH excluding ortho intramolecular Hbond substituents is 1. The number of carboxylic acid groups (broad SMARTS) is 1. The number of ether oxygens (including phenoxy) is 1. The molecule has 0 spiro atoms. The highest BCUT2D eigenvalue weighted by Crippen LogP contribution is 2.31. The summed E-state index contributed by atoms with van der Waals surface area (Å²) in [6, 6.07) is 18.2. The molecule has 206 valence electrons. The third kappa shape index (κ3) is 8.22. The third-order valence-electron chi connectivity index (χ3n) is 5.88. The van der Waals surface area contributed by atoms with Gasteiger partial charge in [-0.1, -0.05) is 42.5 Å². The van der Waals surface area contributed by atoms with Crippen LogP contribution in [0.4, 0.5) is 0 Å². The molecule has 0 aliphatic carbocycles. The number of hydrogen-bond acceptors (Lipinski definition) is 6. The normalized spacial score (nSPS) is 13.3. The van der Waals surface area contributed by atoms with Crippen LogP contribution in [0.25, 0.3) is 11.6 Å². The Kier molecular flexibility index (Phi) is 9.66. The first-order valence-corrected chi connectivity index (χ1v) is 17.3. The van der Waals surface area contributed by atoms with Crippen molar-refractivity contribution in [2.24, 2.45) is 0 Å². The summed E-state index contributed by atoms with van der Waals surface area (Å²) >= 11 is 5.96. The summed E-state index contributed by atoms with van der Waals surface area (Å²) in [5.74, 6) is -1.03. The van der Waals surface area contributed by atoms with Gasteiger partial charge in [-0.2, -0.15) is 0 Å². The first-order valence-electron chi connectivity index (χ1n) is 12.0. The minimum atomic E-state index is -3.74. The van der Waals surface area contributed by atoms with E-state index in [-0.39, 0.29) is 11.5 Å². The topological polar surface area (TPSA) is 110 Å². The fourth-order valence-corrected chi connectivity index (χ4v) is 5.81. The van der Waals surface area contributed by atoms with Gasteiger partial charge in [-0.05, 0) is 78.2 Å². The Hall–Kier alpha value is -3.53. The molecule has 0 saturated carbocycles. The second kappa shape index (κ2) is 12.5. The Bertz CT molecular complexity index is 1480. The predicted octanol–water partition coefficient (Wildman–Crippen LogP) is 6.43. The lowest BCUT2D eigenvalue weighted by Gasteiger charge is -2.22. The van der Waals surface area contributed by atoms with Crippen molar-refractivity contribution in [2.75, 3.05) is 12.6 Å². The summed E-state index contributed by atoms with van der Waals surface area (Å²) in [4.78, 5) is 12.0.